The molecule has 0 bridgehead atoms. The van der Waals surface area contributed by atoms with Gasteiger partial charge in [0.1, 0.15) is 0 Å². The highest BCUT2D eigenvalue weighted by Gasteiger charge is 2.13. The van der Waals surface area contributed by atoms with Gasteiger partial charge in [-0.3, -0.25) is 10.1 Å². The van der Waals surface area contributed by atoms with Crippen molar-refractivity contribution in [3.63, 3.8) is 0 Å². The quantitative estimate of drug-likeness (QED) is 0.705. The fourth-order valence-corrected chi connectivity index (χ4v) is 4.05. The molecule has 1 aromatic heterocycles. The second-order valence-corrected chi connectivity index (χ2v) is 9.41. The van der Waals surface area contributed by atoms with E-state index in [2.05, 4.69) is 36.3 Å². The summed E-state index contributed by atoms with van der Waals surface area (Å²) >= 11 is 1.35. The fraction of sp³-hybridized carbons (Fsp3) is 0.200. The van der Waals surface area contributed by atoms with Crippen molar-refractivity contribution < 1.29 is 13.2 Å². The van der Waals surface area contributed by atoms with Crippen LogP contribution in [0.4, 0.5) is 5.13 Å². The van der Waals surface area contributed by atoms with Gasteiger partial charge in [-0.25, -0.2) is 13.4 Å². The maximum absolute atomic E-state index is 12.4. The highest BCUT2D eigenvalue weighted by Crippen LogP contribution is 2.29. The van der Waals surface area contributed by atoms with E-state index in [1.165, 1.54) is 46.7 Å². The first-order valence-electron chi connectivity index (χ1n) is 8.30. The first kappa shape index (κ1) is 19.3. The van der Waals surface area contributed by atoms with Crippen LogP contribution in [0.2, 0.25) is 0 Å². The summed E-state index contributed by atoms with van der Waals surface area (Å²) < 4.78 is 23.0. The van der Waals surface area contributed by atoms with Crippen LogP contribution in [0.5, 0.6) is 0 Å². The third-order valence-corrected chi connectivity index (χ3v) is 6.27. The number of carbonyl (C=O) groups is 1. The number of rotatable bonds is 4. The summed E-state index contributed by atoms with van der Waals surface area (Å²) in [5.74, 6) is -0.326. The molecule has 3 aromatic rings. The first-order chi connectivity index (χ1) is 12.6. The number of nitrogens with one attached hydrogen (secondary N) is 1. The van der Waals surface area contributed by atoms with Gasteiger partial charge >= 0.3 is 0 Å². The number of nitrogens with zero attached hydrogens (tertiary/aromatic N) is 1. The molecule has 0 spiro atoms. The second kappa shape index (κ2) is 7.25. The molecule has 0 fully saturated rings. The van der Waals surface area contributed by atoms with Gasteiger partial charge in [0.2, 0.25) is 0 Å². The first-order valence-corrected chi connectivity index (χ1v) is 11.1. The minimum atomic E-state index is -3.28. The highest BCUT2D eigenvalue weighted by atomic mass is 32.2. The molecule has 5 nitrogen and oxygen atoms in total. The molecule has 1 N–H and O–H groups in total. The van der Waals surface area contributed by atoms with Gasteiger partial charge < -0.3 is 0 Å². The summed E-state index contributed by atoms with van der Waals surface area (Å²) in [6.45, 7) is 6.18. The summed E-state index contributed by atoms with van der Waals surface area (Å²) in [6, 6.07) is 10.1. The van der Waals surface area contributed by atoms with Crippen molar-refractivity contribution in [3.8, 4) is 11.3 Å². The van der Waals surface area contributed by atoms with Crippen molar-refractivity contribution in [2.75, 3.05) is 11.6 Å². The van der Waals surface area contributed by atoms with Gasteiger partial charge in [-0.15, -0.1) is 11.3 Å². The number of aryl methyl sites for hydroxylation is 3. The molecule has 0 atom stereocenters. The number of carbonyl (C=O) groups excluding carboxylic acids is 1. The zero-order valence-corrected chi connectivity index (χ0v) is 17.2. The number of benzene rings is 2. The standard InChI is InChI=1S/C20H20N2O3S2/c1-12-9-14(3)17(10-13(12)2)18-11-26-20(21-18)22-19(23)15-5-7-16(8-6-15)27(4,24)25/h5-11H,1-4H3,(H,21,22,23). The Morgan fingerprint density at radius 1 is 1.00 bits per heavy atom. The Kier molecular flexibility index (Phi) is 5.17. The normalized spacial score (nSPS) is 11.4. The van der Waals surface area contributed by atoms with Crippen molar-refractivity contribution in [1.82, 2.24) is 4.98 Å². The molecule has 27 heavy (non-hydrogen) atoms. The minimum absolute atomic E-state index is 0.181. The third kappa shape index (κ3) is 4.26. The Morgan fingerprint density at radius 2 is 1.63 bits per heavy atom. The molecular weight excluding hydrogens is 380 g/mol. The van der Waals surface area contributed by atoms with Gasteiger partial charge in [0.05, 0.1) is 10.6 Å². The highest BCUT2D eigenvalue weighted by molar-refractivity contribution is 7.90. The summed E-state index contributed by atoms with van der Waals surface area (Å²) in [5, 5.41) is 5.19. The molecule has 0 aliphatic heterocycles. The lowest BCUT2D eigenvalue weighted by Gasteiger charge is -2.07. The fourth-order valence-electron chi connectivity index (χ4n) is 2.71. The smallest absolute Gasteiger partial charge is 0.257 e. The largest absolute Gasteiger partial charge is 0.298 e. The van der Waals surface area contributed by atoms with Gasteiger partial charge in [0.15, 0.2) is 15.0 Å². The van der Waals surface area contributed by atoms with Gasteiger partial charge in [-0.05, 0) is 67.8 Å². The van der Waals surface area contributed by atoms with Crippen molar-refractivity contribution in [1.29, 1.82) is 0 Å². The number of hydrogen-bond acceptors (Lipinski definition) is 5. The Hall–Kier alpha value is -2.51. The van der Waals surface area contributed by atoms with E-state index in [1.54, 1.807) is 0 Å². The summed E-state index contributed by atoms with van der Waals surface area (Å²) in [6.07, 6.45) is 1.13. The molecule has 0 aliphatic carbocycles. The van der Waals surface area contributed by atoms with Crippen LogP contribution in [-0.2, 0) is 9.84 Å². The maximum atomic E-state index is 12.4. The monoisotopic (exact) mass is 400 g/mol. The van der Waals surface area contributed by atoms with Crippen molar-refractivity contribution in [3.05, 3.63) is 64.0 Å². The number of amides is 1. The van der Waals surface area contributed by atoms with Crippen LogP contribution in [0.3, 0.4) is 0 Å². The SMILES string of the molecule is Cc1cc(C)c(-c2csc(NC(=O)c3ccc(S(C)(=O)=O)cc3)n2)cc1C. The molecule has 0 aliphatic rings. The molecular formula is C20H20N2O3S2. The lowest BCUT2D eigenvalue weighted by Crippen LogP contribution is -2.12. The van der Waals surface area contributed by atoms with Crippen LogP contribution in [0.15, 0.2) is 46.7 Å². The number of thiazole rings is 1. The average molecular weight is 401 g/mol. The van der Waals surface area contributed by atoms with Crippen LogP contribution < -0.4 is 5.32 Å². The lowest BCUT2D eigenvalue weighted by molar-refractivity contribution is 0.102. The molecule has 7 heteroatoms. The molecule has 2 aromatic carbocycles. The van der Waals surface area contributed by atoms with Crippen LogP contribution in [0.25, 0.3) is 11.3 Å². The summed E-state index contributed by atoms with van der Waals surface area (Å²) in [7, 11) is -3.28. The molecule has 0 saturated heterocycles. The summed E-state index contributed by atoms with van der Waals surface area (Å²) in [4.78, 5) is 17.1. The molecule has 140 valence electrons. The van der Waals surface area contributed by atoms with E-state index in [4.69, 9.17) is 0 Å². The zero-order valence-electron chi connectivity index (χ0n) is 15.5. The summed E-state index contributed by atoms with van der Waals surface area (Å²) in [5.41, 5.74) is 5.81. The van der Waals surface area contributed by atoms with Gasteiger partial charge in [0, 0.05) is 22.8 Å². The molecule has 0 saturated carbocycles. The Morgan fingerprint density at radius 3 is 2.26 bits per heavy atom. The van der Waals surface area contributed by atoms with Crippen LogP contribution in [0.1, 0.15) is 27.0 Å². The van der Waals surface area contributed by atoms with Crippen molar-refractivity contribution >= 4 is 32.2 Å². The topological polar surface area (TPSA) is 76.1 Å². The zero-order chi connectivity index (χ0) is 19.8. The predicted molar refractivity (Wildman–Crippen MR) is 109 cm³/mol. The van der Waals surface area contributed by atoms with Crippen molar-refractivity contribution in [2.45, 2.75) is 25.7 Å². The van der Waals surface area contributed by atoms with E-state index in [1.807, 2.05) is 12.3 Å². The number of aromatic nitrogens is 1. The van der Waals surface area contributed by atoms with Gasteiger partial charge in [-0.2, -0.15) is 0 Å². The maximum Gasteiger partial charge on any atom is 0.257 e. The van der Waals surface area contributed by atoms with Crippen LogP contribution in [0, 0.1) is 20.8 Å². The van der Waals surface area contributed by atoms with Crippen molar-refractivity contribution in [2.24, 2.45) is 0 Å². The van der Waals surface area contributed by atoms with Gasteiger partial charge in [0.25, 0.3) is 5.91 Å². The number of hydrogen-bond donors (Lipinski definition) is 1. The molecule has 0 unspecified atom stereocenters. The number of anilines is 1. The van der Waals surface area contributed by atoms with E-state index in [0.717, 1.165) is 23.1 Å². The van der Waals surface area contributed by atoms with Crippen LogP contribution in [-0.4, -0.2) is 25.6 Å². The third-order valence-electron chi connectivity index (χ3n) is 4.39. The van der Waals surface area contributed by atoms with E-state index in [0.29, 0.717) is 10.7 Å². The Bertz CT molecular complexity index is 1110. The second-order valence-electron chi connectivity index (χ2n) is 6.54. The Balaban J connectivity index is 1.80. The van der Waals surface area contributed by atoms with Crippen LogP contribution >= 0.6 is 11.3 Å². The van der Waals surface area contributed by atoms with Gasteiger partial charge in [-0.1, -0.05) is 6.07 Å². The molecule has 1 amide bonds. The lowest BCUT2D eigenvalue weighted by atomic mass is 9.99. The van der Waals surface area contributed by atoms with E-state index in [-0.39, 0.29) is 10.8 Å². The van der Waals surface area contributed by atoms with E-state index < -0.39 is 9.84 Å². The predicted octanol–water partition coefficient (Wildman–Crippen LogP) is 4.39. The Labute approximate surface area is 163 Å². The molecule has 3 rings (SSSR count). The molecule has 0 radical (unpaired) electrons. The average Bonchev–Trinajstić information content (AvgIpc) is 3.05. The number of sulfone groups is 1. The van der Waals surface area contributed by atoms with E-state index >= 15 is 0 Å². The van der Waals surface area contributed by atoms with E-state index in [9.17, 15) is 13.2 Å². The molecule has 1 heterocycles. The minimum Gasteiger partial charge on any atom is -0.298 e.